The first-order valence-corrected chi connectivity index (χ1v) is 5.79. The summed E-state index contributed by atoms with van der Waals surface area (Å²) in [5.74, 6) is 0.330. The van der Waals surface area contributed by atoms with Crippen molar-refractivity contribution >= 4 is 6.16 Å². The first-order chi connectivity index (χ1) is 8.69. The van der Waals surface area contributed by atoms with Gasteiger partial charge in [-0.15, -0.1) is 0 Å². The Bertz CT molecular complexity index is 527. The highest BCUT2D eigenvalue weighted by atomic mass is 16.7. The van der Waals surface area contributed by atoms with Gasteiger partial charge in [0.25, 0.3) is 0 Å². The molecule has 0 radical (unpaired) electrons. The van der Waals surface area contributed by atoms with Crippen LogP contribution in [0.4, 0.5) is 4.79 Å². The van der Waals surface area contributed by atoms with Crippen LogP contribution in [-0.2, 0) is 6.42 Å². The summed E-state index contributed by atoms with van der Waals surface area (Å²) >= 11 is 0. The highest BCUT2D eigenvalue weighted by Gasteiger charge is 2.02. The van der Waals surface area contributed by atoms with E-state index in [0.717, 1.165) is 17.5 Å². The monoisotopic (exact) mass is 242 g/mol. The normalized spacial score (nSPS) is 10.1. The largest absolute Gasteiger partial charge is 0.511 e. The van der Waals surface area contributed by atoms with Crippen molar-refractivity contribution in [2.24, 2.45) is 0 Å². The molecule has 0 aliphatic rings. The number of carbonyl (C=O) groups is 1. The summed E-state index contributed by atoms with van der Waals surface area (Å²) in [5.41, 5.74) is 3.44. The van der Waals surface area contributed by atoms with Crippen LogP contribution in [0.5, 0.6) is 5.75 Å². The maximum Gasteiger partial charge on any atom is 0.511 e. The Kier molecular flexibility index (Phi) is 3.63. The molecule has 0 bridgehead atoms. The van der Waals surface area contributed by atoms with Crippen molar-refractivity contribution in [3.05, 3.63) is 54.1 Å². The van der Waals surface area contributed by atoms with Gasteiger partial charge < -0.3 is 9.84 Å². The number of carboxylic acid groups (broad SMARTS) is 1. The van der Waals surface area contributed by atoms with Gasteiger partial charge in [0.05, 0.1) is 0 Å². The lowest BCUT2D eigenvalue weighted by Crippen LogP contribution is -2.02. The third kappa shape index (κ3) is 2.88. The third-order valence-corrected chi connectivity index (χ3v) is 2.75. The number of hydrogen-bond acceptors (Lipinski definition) is 2. The minimum atomic E-state index is -1.30. The minimum Gasteiger partial charge on any atom is -0.449 e. The molecule has 2 aromatic rings. The number of hydrogen-bond donors (Lipinski definition) is 1. The van der Waals surface area contributed by atoms with Crippen LogP contribution in [-0.4, -0.2) is 11.3 Å². The maximum absolute atomic E-state index is 10.4. The van der Waals surface area contributed by atoms with Gasteiger partial charge in [0.1, 0.15) is 5.75 Å². The van der Waals surface area contributed by atoms with Crippen LogP contribution in [0.3, 0.4) is 0 Å². The Hall–Kier alpha value is -2.29. The van der Waals surface area contributed by atoms with E-state index in [4.69, 9.17) is 5.11 Å². The fourth-order valence-electron chi connectivity index (χ4n) is 1.75. The zero-order valence-electron chi connectivity index (χ0n) is 10.1. The predicted molar refractivity (Wildman–Crippen MR) is 69.9 cm³/mol. The van der Waals surface area contributed by atoms with Crippen molar-refractivity contribution < 1.29 is 14.6 Å². The quantitative estimate of drug-likeness (QED) is 0.654. The molecule has 3 heteroatoms. The second-order valence-electron chi connectivity index (χ2n) is 3.94. The van der Waals surface area contributed by atoms with Crippen LogP contribution < -0.4 is 4.74 Å². The van der Waals surface area contributed by atoms with Crippen LogP contribution in [0, 0.1) is 0 Å². The van der Waals surface area contributed by atoms with E-state index >= 15 is 0 Å². The summed E-state index contributed by atoms with van der Waals surface area (Å²) < 4.78 is 4.56. The van der Waals surface area contributed by atoms with Gasteiger partial charge in [0.15, 0.2) is 0 Å². The Morgan fingerprint density at radius 3 is 1.94 bits per heavy atom. The van der Waals surface area contributed by atoms with Crippen molar-refractivity contribution in [3.8, 4) is 16.9 Å². The Morgan fingerprint density at radius 2 is 1.50 bits per heavy atom. The van der Waals surface area contributed by atoms with Gasteiger partial charge in [-0.25, -0.2) is 4.79 Å². The maximum atomic E-state index is 10.4. The van der Waals surface area contributed by atoms with Gasteiger partial charge in [-0.1, -0.05) is 43.3 Å². The summed E-state index contributed by atoms with van der Waals surface area (Å²) in [6.45, 7) is 2.12. The van der Waals surface area contributed by atoms with E-state index in [1.54, 1.807) is 12.1 Å². The Balaban J connectivity index is 2.20. The topological polar surface area (TPSA) is 46.5 Å². The average Bonchev–Trinajstić information content (AvgIpc) is 2.39. The molecule has 0 aromatic heterocycles. The molecule has 0 saturated carbocycles. The molecule has 0 heterocycles. The molecule has 0 amide bonds. The fourth-order valence-corrected chi connectivity index (χ4v) is 1.75. The van der Waals surface area contributed by atoms with Crippen LogP contribution in [0.1, 0.15) is 12.5 Å². The van der Waals surface area contributed by atoms with Gasteiger partial charge in [-0.2, -0.15) is 0 Å². The summed E-state index contributed by atoms with van der Waals surface area (Å²) in [7, 11) is 0. The molecule has 3 nitrogen and oxygen atoms in total. The lowest BCUT2D eigenvalue weighted by Gasteiger charge is -2.04. The van der Waals surface area contributed by atoms with E-state index in [2.05, 4.69) is 35.9 Å². The molecule has 18 heavy (non-hydrogen) atoms. The van der Waals surface area contributed by atoms with Crippen molar-refractivity contribution in [3.63, 3.8) is 0 Å². The molecule has 0 spiro atoms. The van der Waals surface area contributed by atoms with Crippen LogP contribution in [0.2, 0.25) is 0 Å². The molecule has 0 atom stereocenters. The molecule has 1 N–H and O–H groups in total. The zero-order valence-corrected chi connectivity index (χ0v) is 10.1. The second kappa shape index (κ2) is 5.36. The second-order valence-corrected chi connectivity index (χ2v) is 3.94. The van der Waals surface area contributed by atoms with Crippen LogP contribution in [0.25, 0.3) is 11.1 Å². The van der Waals surface area contributed by atoms with E-state index in [1.165, 1.54) is 5.56 Å². The van der Waals surface area contributed by atoms with E-state index in [-0.39, 0.29) is 0 Å². The van der Waals surface area contributed by atoms with Gasteiger partial charge in [0, 0.05) is 0 Å². The molecule has 2 rings (SSSR count). The fraction of sp³-hybridized carbons (Fsp3) is 0.133. The van der Waals surface area contributed by atoms with Gasteiger partial charge in [-0.3, -0.25) is 0 Å². The molecule has 0 fully saturated rings. The summed E-state index contributed by atoms with van der Waals surface area (Å²) in [5, 5.41) is 8.49. The molecule has 0 aliphatic carbocycles. The zero-order chi connectivity index (χ0) is 13.0. The first kappa shape index (κ1) is 12.2. The molecule has 0 aliphatic heterocycles. The van der Waals surface area contributed by atoms with Crippen LogP contribution in [0.15, 0.2) is 48.5 Å². The van der Waals surface area contributed by atoms with Crippen LogP contribution >= 0.6 is 0 Å². The van der Waals surface area contributed by atoms with Crippen molar-refractivity contribution in [1.29, 1.82) is 0 Å². The molecular weight excluding hydrogens is 228 g/mol. The summed E-state index contributed by atoms with van der Waals surface area (Å²) in [6, 6.07) is 15.3. The molecule has 2 aromatic carbocycles. The standard InChI is InChI=1S/C15H14O3/c1-2-11-3-5-12(6-4-11)13-7-9-14(10-8-13)18-15(16)17/h3-10H,2H2,1H3,(H,16,17). The lowest BCUT2D eigenvalue weighted by atomic mass is 10.0. The highest BCUT2D eigenvalue weighted by Crippen LogP contribution is 2.23. The smallest absolute Gasteiger partial charge is 0.449 e. The van der Waals surface area contributed by atoms with E-state index < -0.39 is 6.16 Å². The molecular formula is C15H14O3. The third-order valence-electron chi connectivity index (χ3n) is 2.75. The molecule has 0 saturated heterocycles. The SMILES string of the molecule is CCc1ccc(-c2ccc(OC(=O)O)cc2)cc1. The predicted octanol–water partition coefficient (Wildman–Crippen LogP) is 3.97. The van der Waals surface area contributed by atoms with Gasteiger partial charge >= 0.3 is 6.16 Å². The highest BCUT2D eigenvalue weighted by molar-refractivity contribution is 5.66. The summed E-state index contributed by atoms with van der Waals surface area (Å²) in [4.78, 5) is 10.4. The van der Waals surface area contributed by atoms with Gasteiger partial charge in [0.2, 0.25) is 0 Å². The van der Waals surface area contributed by atoms with Gasteiger partial charge in [-0.05, 0) is 35.2 Å². The Morgan fingerprint density at radius 1 is 1.00 bits per heavy atom. The van der Waals surface area contributed by atoms with Crippen molar-refractivity contribution in [2.45, 2.75) is 13.3 Å². The number of benzene rings is 2. The first-order valence-electron chi connectivity index (χ1n) is 5.79. The average molecular weight is 242 g/mol. The van der Waals surface area contributed by atoms with E-state index in [0.29, 0.717) is 5.75 Å². The van der Waals surface area contributed by atoms with Crippen molar-refractivity contribution in [2.75, 3.05) is 0 Å². The van der Waals surface area contributed by atoms with E-state index in [1.807, 2.05) is 12.1 Å². The lowest BCUT2D eigenvalue weighted by molar-refractivity contribution is 0.144. The van der Waals surface area contributed by atoms with E-state index in [9.17, 15) is 4.79 Å². The molecule has 0 unspecified atom stereocenters. The Labute approximate surface area is 106 Å². The minimum absolute atomic E-state index is 0.330. The summed E-state index contributed by atoms with van der Waals surface area (Å²) in [6.07, 6.45) is -0.277. The van der Waals surface area contributed by atoms with Crippen molar-refractivity contribution in [1.82, 2.24) is 0 Å². The number of ether oxygens (including phenoxy) is 1. The number of aryl methyl sites for hydroxylation is 1. The molecule has 92 valence electrons. The number of rotatable bonds is 3.